The van der Waals surface area contributed by atoms with E-state index in [0.717, 1.165) is 28.3 Å². The maximum absolute atomic E-state index is 12.2. The van der Waals surface area contributed by atoms with Crippen molar-refractivity contribution >= 4 is 27.5 Å². The van der Waals surface area contributed by atoms with Crippen LogP contribution in [0.4, 0.5) is 0 Å². The molecule has 1 saturated heterocycles. The van der Waals surface area contributed by atoms with E-state index >= 15 is 0 Å². The summed E-state index contributed by atoms with van der Waals surface area (Å²) in [5, 5.41) is 10.3. The average molecular weight is 349 g/mol. The van der Waals surface area contributed by atoms with E-state index in [2.05, 4.69) is 9.88 Å². The van der Waals surface area contributed by atoms with Gasteiger partial charge in [0.1, 0.15) is 11.6 Å². The van der Waals surface area contributed by atoms with Crippen LogP contribution in [-0.4, -0.2) is 71.2 Å². The molecule has 0 aliphatic carbocycles. The van der Waals surface area contributed by atoms with Crippen molar-refractivity contribution in [3.05, 3.63) is 29.3 Å². The first-order valence-corrected chi connectivity index (χ1v) is 9.04. The molecule has 2 heterocycles. The van der Waals surface area contributed by atoms with Gasteiger partial charge in [-0.05, 0) is 19.1 Å². The summed E-state index contributed by atoms with van der Waals surface area (Å²) in [5.74, 6) is 0.0211. The number of aliphatic hydroxyl groups excluding tert-OH is 1. The lowest BCUT2D eigenvalue weighted by Crippen LogP contribution is -2.51. The van der Waals surface area contributed by atoms with Crippen LogP contribution in [-0.2, 0) is 16.1 Å². The molecule has 0 unspecified atom stereocenters. The van der Waals surface area contributed by atoms with E-state index in [1.807, 2.05) is 29.2 Å². The SMILES string of the molecule is C[C@@H](O)CN1CCN(C(=O)COCc2nc3ccccc3s2)CC1. The Morgan fingerprint density at radius 1 is 1.33 bits per heavy atom. The van der Waals surface area contributed by atoms with Gasteiger partial charge in [0.15, 0.2) is 0 Å². The van der Waals surface area contributed by atoms with Crippen LogP contribution >= 0.6 is 11.3 Å². The number of nitrogens with zero attached hydrogens (tertiary/aromatic N) is 3. The number of fused-ring (bicyclic) bond motifs is 1. The summed E-state index contributed by atoms with van der Waals surface area (Å²) >= 11 is 1.60. The number of β-amino-alcohol motifs (C(OH)–C–C–N with tert-alkyl or cyclic N) is 1. The lowest BCUT2D eigenvalue weighted by Gasteiger charge is -2.35. The van der Waals surface area contributed by atoms with Gasteiger partial charge < -0.3 is 14.7 Å². The number of thiazole rings is 1. The molecule has 1 aromatic heterocycles. The molecule has 0 spiro atoms. The van der Waals surface area contributed by atoms with Crippen molar-refractivity contribution in [2.45, 2.75) is 19.6 Å². The van der Waals surface area contributed by atoms with E-state index < -0.39 is 0 Å². The van der Waals surface area contributed by atoms with Crippen molar-refractivity contribution in [1.82, 2.24) is 14.8 Å². The molecule has 24 heavy (non-hydrogen) atoms. The number of carbonyl (C=O) groups is 1. The third-order valence-electron chi connectivity index (χ3n) is 4.04. The second-order valence-corrected chi connectivity index (χ2v) is 7.21. The molecular formula is C17H23N3O3S. The fourth-order valence-corrected chi connectivity index (χ4v) is 3.76. The van der Waals surface area contributed by atoms with Crippen molar-refractivity contribution in [3.63, 3.8) is 0 Å². The van der Waals surface area contributed by atoms with Crippen LogP contribution < -0.4 is 0 Å². The zero-order valence-corrected chi connectivity index (χ0v) is 14.7. The van der Waals surface area contributed by atoms with E-state index in [1.165, 1.54) is 0 Å². The Labute approximate surface area is 145 Å². The van der Waals surface area contributed by atoms with Crippen LogP contribution in [0, 0.1) is 0 Å². The highest BCUT2D eigenvalue weighted by atomic mass is 32.1. The lowest BCUT2D eigenvalue weighted by molar-refractivity contribution is -0.138. The molecule has 0 saturated carbocycles. The lowest BCUT2D eigenvalue weighted by atomic mass is 10.2. The maximum atomic E-state index is 12.2. The molecule has 0 bridgehead atoms. The fourth-order valence-electron chi connectivity index (χ4n) is 2.85. The fraction of sp³-hybridized carbons (Fsp3) is 0.529. The zero-order chi connectivity index (χ0) is 16.9. The van der Waals surface area contributed by atoms with Crippen LogP contribution in [0.15, 0.2) is 24.3 Å². The maximum Gasteiger partial charge on any atom is 0.248 e. The number of benzene rings is 1. The standard InChI is InChI=1S/C17H23N3O3S/c1-13(21)10-19-6-8-20(9-7-19)17(22)12-23-11-16-18-14-4-2-3-5-15(14)24-16/h2-5,13,21H,6-12H2,1H3/t13-/m1/s1. The van der Waals surface area contributed by atoms with Gasteiger partial charge in [0, 0.05) is 32.7 Å². The largest absolute Gasteiger partial charge is 0.392 e. The van der Waals surface area contributed by atoms with Crippen LogP contribution in [0.5, 0.6) is 0 Å². The average Bonchev–Trinajstić information content (AvgIpc) is 2.97. The number of hydrogen-bond donors (Lipinski definition) is 1. The number of aromatic nitrogens is 1. The number of piperazine rings is 1. The highest BCUT2D eigenvalue weighted by molar-refractivity contribution is 7.18. The van der Waals surface area contributed by atoms with Crippen molar-refractivity contribution in [2.75, 3.05) is 39.3 Å². The van der Waals surface area contributed by atoms with Gasteiger partial charge in [0.2, 0.25) is 5.91 Å². The molecule has 3 rings (SSSR count). The van der Waals surface area contributed by atoms with E-state index in [1.54, 1.807) is 18.3 Å². The summed E-state index contributed by atoms with van der Waals surface area (Å²) in [6.45, 7) is 5.89. The normalized spacial score (nSPS) is 17.3. The molecule has 130 valence electrons. The molecule has 1 N–H and O–H groups in total. The van der Waals surface area contributed by atoms with Gasteiger partial charge in [0.25, 0.3) is 0 Å². The van der Waals surface area contributed by atoms with Crippen LogP contribution in [0.25, 0.3) is 10.2 Å². The summed E-state index contributed by atoms with van der Waals surface area (Å²) in [4.78, 5) is 20.7. The summed E-state index contributed by atoms with van der Waals surface area (Å²) in [5.41, 5.74) is 0.974. The van der Waals surface area contributed by atoms with Gasteiger partial charge in [-0.3, -0.25) is 9.69 Å². The van der Waals surface area contributed by atoms with Gasteiger partial charge in [-0.1, -0.05) is 12.1 Å². The highest BCUT2D eigenvalue weighted by Gasteiger charge is 2.21. The minimum Gasteiger partial charge on any atom is -0.392 e. The molecule has 1 aliphatic rings. The van der Waals surface area contributed by atoms with Gasteiger partial charge in [-0.2, -0.15) is 0 Å². The number of hydrogen-bond acceptors (Lipinski definition) is 6. The Morgan fingerprint density at radius 2 is 2.08 bits per heavy atom. The number of aliphatic hydroxyl groups is 1. The predicted molar refractivity (Wildman–Crippen MR) is 94.0 cm³/mol. The zero-order valence-electron chi connectivity index (χ0n) is 13.9. The van der Waals surface area contributed by atoms with Crippen molar-refractivity contribution in [2.24, 2.45) is 0 Å². The molecule has 7 heteroatoms. The molecule has 6 nitrogen and oxygen atoms in total. The Hall–Kier alpha value is -1.54. The van der Waals surface area contributed by atoms with Crippen molar-refractivity contribution in [1.29, 1.82) is 0 Å². The van der Waals surface area contributed by atoms with E-state index in [0.29, 0.717) is 26.2 Å². The van der Waals surface area contributed by atoms with Gasteiger partial charge in [0.05, 0.1) is 22.9 Å². The minimum atomic E-state index is -0.329. The molecular weight excluding hydrogens is 326 g/mol. The quantitative estimate of drug-likeness (QED) is 0.852. The Kier molecular flexibility index (Phi) is 5.78. The van der Waals surface area contributed by atoms with E-state index in [4.69, 9.17) is 4.74 Å². The molecule has 0 radical (unpaired) electrons. The number of para-hydroxylation sites is 1. The first-order valence-electron chi connectivity index (χ1n) is 8.22. The van der Waals surface area contributed by atoms with Crippen LogP contribution in [0.2, 0.25) is 0 Å². The van der Waals surface area contributed by atoms with Gasteiger partial charge >= 0.3 is 0 Å². The monoisotopic (exact) mass is 349 g/mol. The molecule has 1 atom stereocenters. The number of amides is 1. The summed E-state index contributed by atoms with van der Waals surface area (Å²) in [7, 11) is 0. The van der Waals surface area contributed by atoms with E-state index in [-0.39, 0.29) is 18.6 Å². The first-order chi connectivity index (χ1) is 11.6. The number of ether oxygens (including phenoxy) is 1. The topological polar surface area (TPSA) is 65.9 Å². The molecule has 1 aliphatic heterocycles. The minimum absolute atomic E-state index is 0.0211. The van der Waals surface area contributed by atoms with Crippen molar-refractivity contribution in [3.8, 4) is 0 Å². The first kappa shape index (κ1) is 17.3. The Morgan fingerprint density at radius 3 is 2.79 bits per heavy atom. The van der Waals surface area contributed by atoms with Crippen LogP contribution in [0.1, 0.15) is 11.9 Å². The highest BCUT2D eigenvalue weighted by Crippen LogP contribution is 2.21. The Bertz CT molecular complexity index is 648. The molecule has 1 fully saturated rings. The predicted octanol–water partition coefficient (Wildman–Crippen LogP) is 1.34. The third-order valence-corrected chi connectivity index (χ3v) is 5.05. The summed E-state index contributed by atoms with van der Waals surface area (Å²) in [6.07, 6.45) is -0.329. The second kappa shape index (κ2) is 8.02. The van der Waals surface area contributed by atoms with Crippen molar-refractivity contribution < 1.29 is 14.6 Å². The summed E-state index contributed by atoms with van der Waals surface area (Å²) < 4.78 is 6.69. The Balaban J connectivity index is 1.41. The second-order valence-electron chi connectivity index (χ2n) is 6.10. The van der Waals surface area contributed by atoms with E-state index in [9.17, 15) is 9.90 Å². The number of carbonyl (C=O) groups excluding carboxylic acids is 1. The van der Waals surface area contributed by atoms with Crippen LogP contribution in [0.3, 0.4) is 0 Å². The third kappa shape index (κ3) is 4.51. The summed E-state index contributed by atoms with van der Waals surface area (Å²) in [6, 6.07) is 7.97. The number of rotatable bonds is 6. The molecule has 1 aromatic carbocycles. The van der Waals surface area contributed by atoms with Gasteiger partial charge in [-0.15, -0.1) is 11.3 Å². The van der Waals surface area contributed by atoms with Gasteiger partial charge in [-0.25, -0.2) is 4.98 Å². The molecule has 1 amide bonds. The molecule has 2 aromatic rings. The smallest absolute Gasteiger partial charge is 0.248 e.